The number of carbonyl (C=O) groups excluding carboxylic acids is 3. The summed E-state index contributed by atoms with van der Waals surface area (Å²) in [7, 11) is 1.28. The molecule has 0 aromatic heterocycles. The van der Waals surface area contributed by atoms with E-state index in [-0.39, 0.29) is 5.91 Å². The molecule has 0 bridgehead atoms. The van der Waals surface area contributed by atoms with Gasteiger partial charge < -0.3 is 15.4 Å². The predicted molar refractivity (Wildman–Crippen MR) is 88.1 cm³/mol. The summed E-state index contributed by atoms with van der Waals surface area (Å²) in [5, 5.41) is 5.27. The molecule has 1 rings (SSSR count). The molecule has 1 aromatic carbocycles. The van der Waals surface area contributed by atoms with Gasteiger partial charge in [0.15, 0.2) is 0 Å². The summed E-state index contributed by atoms with van der Waals surface area (Å²) >= 11 is 0. The van der Waals surface area contributed by atoms with E-state index in [1.165, 1.54) is 14.0 Å². The van der Waals surface area contributed by atoms with Crippen molar-refractivity contribution < 1.29 is 19.1 Å². The van der Waals surface area contributed by atoms with Crippen molar-refractivity contribution in [3.05, 3.63) is 42.5 Å². The first-order valence-electron chi connectivity index (χ1n) is 7.35. The summed E-state index contributed by atoms with van der Waals surface area (Å²) in [5.74, 6) is -1.11. The Morgan fingerprint density at radius 1 is 1.35 bits per heavy atom. The molecule has 0 saturated heterocycles. The van der Waals surface area contributed by atoms with Gasteiger partial charge in [0, 0.05) is 18.2 Å². The zero-order valence-corrected chi connectivity index (χ0v) is 13.4. The molecule has 1 aromatic rings. The predicted octanol–water partition coefficient (Wildman–Crippen LogP) is 2.27. The summed E-state index contributed by atoms with van der Waals surface area (Å²) in [4.78, 5) is 35.1. The number of hydrogen-bond acceptors (Lipinski definition) is 4. The highest BCUT2D eigenvalue weighted by Gasteiger charge is 2.21. The van der Waals surface area contributed by atoms with Crippen molar-refractivity contribution >= 4 is 23.5 Å². The van der Waals surface area contributed by atoms with Gasteiger partial charge in [-0.25, -0.2) is 4.79 Å². The topological polar surface area (TPSA) is 84.5 Å². The summed E-state index contributed by atoms with van der Waals surface area (Å²) in [6, 6.07) is 5.79. The van der Waals surface area contributed by atoms with Crippen molar-refractivity contribution in [3.8, 4) is 0 Å². The molecule has 0 aliphatic heterocycles. The highest BCUT2D eigenvalue weighted by atomic mass is 16.5. The standard InChI is InChI=1S/C17H22N2O4/c1-4-5-6-10-15(17(22)23-3)19-16(21)13-8-7-9-14(11-13)18-12(2)20/h4,7-9,11,15H,1,5-6,10H2,2-3H3,(H,18,20)(H,19,21)/t15-/m0/s1. The van der Waals surface area contributed by atoms with Crippen molar-refractivity contribution in [1.82, 2.24) is 5.32 Å². The summed E-state index contributed by atoms with van der Waals surface area (Å²) in [5.41, 5.74) is 0.875. The van der Waals surface area contributed by atoms with Gasteiger partial charge >= 0.3 is 5.97 Å². The number of amides is 2. The van der Waals surface area contributed by atoms with E-state index in [9.17, 15) is 14.4 Å². The molecule has 2 amide bonds. The van der Waals surface area contributed by atoms with E-state index in [4.69, 9.17) is 4.74 Å². The van der Waals surface area contributed by atoms with Gasteiger partial charge in [0.25, 0.3) is 5.91 Å². The molecule has 0 radical (unpaired) electrons. The van der Waals surface area contributed by atoms with Gasteiger partial charge in [-0.1, -0.05) is 12.1 Å². The van der Waals surface area contributed by atoms with Crippen molar-refractivity contribution in [2.24, 2.45) is 0 Å². The van der Waals surface area contributed by atoms with Crippen molar-refractivity contribution in [3.63, 3.8) is 0 Å². The molecule has 124 valence electrons. The number of allylic oxidation sites excluding steroid dienone is 1. The van der Waals surface area contributed by atoms with Crippen LogP contribution in [0.1, 0.15) is 36.5 Å². The van der Waals surface area contributed by atoms with Crippen LogP contribution in [0, 0.1) is 0 Å². The normalized spacial score (nSPS) is 11.2. The maximum absolute atomic E-state index is 12.3. The molecule has 6 heteroatoms. The maximum Gasteiger partial charge on any atom is 0.328 e. The van der Waals surface area contributed by atoms with E-state index in [0.717, 1.165) is 12.8 Å². The van der Waals surface area contributed by atoms with E-state index in [0.29, 0.717) is 17.7 Å². The molecule has 0 heterocycles. The highest BCUT2D eigenvalue weighted by Crippen LogP contribution is 2.12. The molecule has 0 unspecified atom stereocenters. The van der Waals surface area contributed by atoms with E-state index in [2.05, 4.69) is 17.2 Å². The number of carbonyl (C=O) groups is 3. The van der Waals surface area contributed by atoms with Gasteiger partial charge in [-0.3, -0.25) is 9.59 Å². The van der Waals surface area contributed by atoms with Gasteiger partial charge in [-0.2, -0.15) is 0 Å². The fourth-order valence-corrected chi connectivity index (χ4v) is 2.04. The van der Waals surface area contributed by atoms with Gasteiger partial charge in [-0.05, 0) is 37.5 Å². The Morgan fingerprint density at radius 3 is 2.70 bits per heavy atom. The number of hydrogen-bond donors (Lipinski definition) is 2. The number of unbranched alkanes of at least 4 members (excludes halogenated alkanes) is 1. The van der Waals surface area contributed by atoms with Crippen LogP contribution in [0.3, 0.4) is 0 Å². The fraction of sp³-hybridized carbons (Fsp3) is 0.353. The van der Waals surface area contributed by atoms with Crippen LogP contribution in [0.25, 0.3) is 0 Å². The summed E-state index contributed by atoms with van der Waals surface area (Å²) < 4.78 is 4.72. The van der Waals surface area contributed by atoms with Crippen LogP contribution < -0.4 is 10.6 Å². The maximum atomic E-state index is 12.3. The molecule has 0 aliphatic carbocycles. The van der Waals surface area contributed by atoms with Crippen LogP contribution >= 0.6 is 0 Å². The molecule has 0 aliphatic rings. The molecular weight excluding hydrogens is 296 g/mol. The molecule has 2 N–H and O–H groups in total. The number of methoxy groups -OCH3 is 1. The zero-order chi connectivity index (χ0) is 17.2. The van der Waals surface area contributed by atoms with Crippen molar-refractivity contribution in [2.75, 3.05) is 12.4 Å². The Labute approximate surface area is 135 Å². The van der Waals surface area contributed by atoms with Crippen molar-refractivity contribution in [2.45, 2.75) is 32.2 Å². The number of benzene rings is 1. The minimum Gasteiger partial charge on any atom is -0.467 e. The first-order valence-corrected chi connectivity index (χ1v) is 7.35. The molecule has 0 fully saturated rings. The number of rotatable bonds is 8. The molecular formula is C17H22N2O4. The molecule has 1 atom stereocenters. The van der Waals surface area contributed by atoms with Crippen molar-refractivity contribution in [1.29, 1.82) is 0 Å². The van der Waals surface area contributed by atoms with Crippen LogP contribution in [0.2, 0.25) is 0 Å². The second-order valence-corrected chi connectivity index (χ2v) is 5.03. The van der Waals surface area contributed by atoms with E-state index >= 15 is 0 Å². The molecule has 0 saturated carbocycles. The lowest BCUT2D eigenvalue weighted by atomic mass is 10.1. The third-order valence-electron chi connectivity index (χ3n) is 3.14. The number of esters is 1. The summed E-state index contributed by atoms with van der Waals surface area (Å²) in [6.07, 6.45) is 3.69. The monoisotopic (exact) mass is 318 g/mol. The van der Waals surface area contributed by atoms with Crippen LogP contribution in [-0.2, 0) is 14.3 Å². The minimum absolute atomic E-state index is 0.223. The van der Waals surface area contributed by atoms with Crippen LogP contribution in [0.4, 0.5) is 5.69 Å². The Bertz CT molecular complexity index is 584. The SMILES string of the molecule is C=CCCC[C@H](NC(=O)c1cccc(NC(C)=O)c1)C(=O)OC. The van der Waals surface area contributed by atoms with Gasteiger partial charge in [-0.15, -0.1) is 6.58 Å². The zero-order valence-electron chi connectivity index (χ0n) is 13.4. The van der Waals surface area contributed by atoms with Gasteiger partial charge in [0.2, 0.25) is 5.91 Å². The lowest BCUT2D eigenvalue weighted by molar-refractivity contribution is -0.143. The van der Waals surface area contributed by atoms with Gasteiger partial charge in [0.1, 0.15) is 6.04 Å². The second-order valence-electron chi connectivity index (χ2n) is 5.03. The lowest BCUT2D eigenvalue weighted by Gasteiger charge is -2.16. The fourth-order valence-electron chi connectivity index (χ4n) is 2.04. The number of anilines is 1. The van der Waals surface area contributed by atoms with E-state index < -0.39 is 17.9 Å². The van der Waals surface area contributed by atoms with Gasteiger partial charge in [0.05, 0.1) is 7.11 Å². The van der Waals surface area contributed by atoms with Crippen LogP contribution in [0.15, 0.2) is 36.9 Å². The Hall–Kier alpha value is -2.63. The molecule has 23 heavy (non-hydrogen) atoms. The lowest BCUT2D eigenvalue weighted by Crippen LogP contribution is -2.41. The van der Waals surface area contributed by atoms with E-state index in [1.54, 1.807) is 30.3 Å². The number of ether oxygens (including phenoxy) is 1. The smallest absolute Gasteiger partial charge is 0.328 e. The first-order chi connectivity index (χ1) is 11.0. The second kappa shape index (κ2) is 9.40. The van der Waals surface area contributed by atoms with Crippen LogP contribution in [0.5, 0.6) is 0 Å². The molecule has 0 spiro atoms. The first kappa shape index (κ1) is 18.4. The summed E-state index contributed by atoms with van der Waals surface area (Å²) in [6.45, 7) is 5.01. The quantitative estimate of drug-likeness (QED) is 0.437. The highest BCUT2D eigenvalue weighted by molar-refractivity contribution is 5.98. The Morgan fingerprint density at radius 2 is 2.09 bits per heavy atom. The average Bonchev–Trinajstić information content (AvgIpc) is 2.52. The number of nitrogens with one attached hydrogen (secondary N) is 2. The molecule has 6 nitrogen and oxygen atoms in total. The minimum atomic E-state index is -0.711. The van der Waals surface area contributed by atoms with Crippen LogP contribution in [-0.4, -0.2) is 30.9 Å². The third-order valence-corrected chi connectivity index (χ3v) is 3.14. The average molecular weight is 318 g/mol. The largest absolute Gasteiger partial charge is 0.467 e. The Balaban J connectivity index is 2.79. The van der Waals surface area contributed by atoms with E-state index in [1.807, 2.05) is 0 Å². The Kier molecular flexibility index (Phi) is 7.53. The third kappa shape index (κ3) is 6.34.